The average Bonchev–Trinajstić information content (AvgIpc) is 2.32. The lowest BCUT2D eigenvalue weighted by atomic mass is 10.2. The predicted octanol–water partition coefficient (Wildman–Crippen LogP) is 3.99. The van der Waals surface area contributed by atoms with Crippen LogP contribution in [-0.4, -0.2) is 10.9 Å². The molecular formula is C12H8BrCl2N3O. The zero-order chi connectivity index (χ0) is 14.0. The molecule has 1 heterocycles. The molecule has 19 heavy (non-hydrogen) atoms. The number of nitrogens with zero attached hydrogens (tertiary/aromatic N) is 1. The van der Waals surface area contributed by atoms with E-state index in [0.29, 0.717) is 16.0 Å². The monoisotopic (exact) mass is 359 g/mol. The minimum Gasteiger partial charge on any atom is -0.397 e. The van der Waals surface area contributed by atoms with E-state index >= 15 is 0 Å². The van der Waals surface area contributed by atoms with Gasteiger partial charge in [0.05, 0.1) is 32.0 Å². The number of halogens is 3. The fraction of sp³-hybridized carbons (Fsp3) is 0. The molecule has 7 heteroatoms. The SMILES string of the molecule is Nc1cnc(NC(=O)c2c(Cl)cccc2Cl)c(Br)c1. The zero-order valence-electron chi connectivity index (χ0n) is 9.45. The van der Waals surface area contributed by atoms with Gasteiger partial charge in [0.2, 0.25) is 0 Å². The third kappa shape index (κ3) is 3.18. The van der Waals surface area contributed by atoms with Gasteiger partial charge in [-0.05, 0) is 34.1 Å². The summed E-state index contributed by atoms with van der Waals surface area (Å²) in [6.07, 6.45) is 1.44. The van der Waals surface area contributed by atoms with Gasteiger partial charge >= 0.3 is 0 Å². The van der Waals surface area contributed by atoms with Crippen molar-refractivity contribution in [1.82, 2.24) is 4.98 Å². The molecule has 2 rings (SSSR count). The molecule has 0 aliphatic heterocycles. The maximum Gasteiger partial charge on any atom is 0.259 e. The van der Waals surface area contributed by atoms with Gasteiger partial charge in [0.25, 0.3) is 5.91 Å². The Bertz CT molecular complexity index is 629. The standard InChI is InChI=1S/C12H8BrCl2N3O/c13-7-4-6(16)5-17-11(7)18-12(19)10-8(14)2-1-3-9(10)15/h1-5H,16H2,(H,17,18,19). The number of carbonyl (C=O) groups is 1. The quantitative estimate of drug-likeness (QED) is 0.850. The summed E-state index contributed by atoms with van der Waals surface area (Å²) < 4.78 is 0.573. The Hall–Kier alpha value is -1.30. The third-order valence-corrected chi connectivity index (χ3v) is 3.52. The van der Waals surface area contributed by atoms with E-state index in [2.05, 4.69) is 26.2 Å². The highest BCUT2D eigenvalue weighted by atomic mass is 79.9. The molecule has 1 aromatic heterocycles. The maximum absolute atomic E-state index is 12.1. The van der Waals surface area contributed by atoms with Crippen molar-refractivity contribution < 1.29 is 4.79 Å². The van der Waals surface area contributed by atoms with Gasteiger partial charge in [0.15, 0.2) is 0 Å². The Labute approximate surface area is 128 Å². The van der Waals surface area contributed by atoms with E-state index in [4.69, 9.17) is 28.9 Å². The minimum absolute atomic E-state index is 0.205. The van der Waals surface area contributed by atoms with Crippen LogP contribution in [0.3, 0.4) is 0 Å². The van der Waals surface area contributed by atoms with E-state index < -0.39 is 5.91 Å². The molecule has 1 aromatic carbocycles. The van der Waals surface area contributed by atoms with Crippen molar-refractivity contribution >= 4 is 56.5 Å². The van der Waals surface area contributed by atoms with Crippen molar-refractivity contribution in [1.29, 1.82) is 0 Å². The number of aromatic nitrogens is 1. The summed E-state index contributed by atoms with van der Waals surface area (Å²) in [6.45, 7) is 0. The molecule has 1 amide bonds. The maximum atomic E-state index is 12.1. The highest BCUT2D eigenvalue weighted by Crippen LogP contribution is 2.27. The molecule has 0 aliphatic rings. The van der Waals surface area contributed by atoms with Gasteiger partial charge in [0.1, 0.15) is 5.82 Å². The molecule has 0 saturated heterocycles. The number of rotatable bonds is 2. The molecule has 0 fully saturated rings. The summed E-state index contributed by atoms with van der Waals surface area (Å²) >= 11 is 15.2. The smallest absolute Gasteiger partial charge is 0.259 e. The van der Waals surface area contributed by atoms with Gasteiger partial charge in [-0.1, -0.05) is 29.3 Å². The van der Waals surface area contributed by atoms with Gasteiger partial charge in [0, 0.05) is 0 Å². The van der Waals surface area contributed by atoms with Crippen LogP contribution >= 0.6 is 39.1 Å². The molecule has 0 unspecified atom stereocenters. The second kappa shape index (κ2) is 5.77. The molecule has 0 aliphatic carbocycles. The normalized spacial score (nSPS) is 10.3. The predicted molar refractivity (Wildman–Crippen MR) is 80.8 cm³/mol. The Morgan fingerprint density at radius 1 is 1.32 bits per heavy atom. The Morgan fingerprint density at radius 3 is 2.53 bits per heavy atom. The highest BCUT2D eigenvalue weighted by molar-refractivity contribution is 9.10. The Kier molecular flexibility index (Phi) is 4.29. The molecule has 0 atom stereocenters. The van der Waals surface area contributed by atoms with Crippen molar-refractivity contribution in [3.63, 3.8) is 0 Å². The van der Waals surface area contributed by atoms with Gasteiger partial charge in [-0.2, -0.15) is 0 Å². The number of carbonyl (C=O) groups excluding carboxylic acids is 1. The van der Waals surface area contributed by atoms with Crippen molar-refractivity contribution in [3.05, 3.63) is 50.5 Å². The van der Waals surface area contributed by atoms with E-state index in [-0.39, 0.29) is 15.6 Å². The molecular weight excluding hydrogens is 353 g/mol. The van der Waals surface area contributed by atoms with E-state index in [1.807, 2.05) is 0 Å². The number of pyridine rings is 1. The van der Waals surface area contributed by atoms with Crippen molar-refractivity contribution in [2.75, 3.05) is 11.1 Å². The molecule has 0 bridgehead atoms. The highest BCUT2D eigenvalue weighted by Gasteiger charge is 2.16. The summed E-state index contributed by atoms with van der Waals surface area (Å²) in [5.74, 6) is -0.0937. The largest absolute Gasteiger partial charge is 0.397 e. The van der Waals surface area contributed by atoms with Crippen LogP contribution in [0.1, 0.15) is 10.4 Å². The number of benzene rings is 1. The first kappa shape index (κ1) is 14.1. The van der Waals surface area contributed by atoms with Crippen molar-refractivity contribution in [2.45, 2.75) is 0 Å². The number of hydrogen-bond donors (Lipinski definition) is 2. The lowest BCUT2D eigenvalue weighted by molar-refractivity contribution is 0.102. The first-order valence-electron chi connectivity index (χ1n) is 5.15. The van der Waals surface area contributed by atoms with Gasteiger partial charge < -0.3 is 11.1 Å². The second-order valence-corrected chi connectivity index (χ2v) is 5.32. The van der Waals surface area contributed by atoms with Crippen LogP contribution in [0.2, 0.25) is 10.0 Å². The molecule has 0 radical (unpaired) electrons. The number of amides is 1. The average molecular weight is 361 g/mol. The number of nitrogen functional groups attached to an aromatic ring is 1. The summed E-state index contributed by atoms with van der Waals surface area (Å²) in [6, 6.07) is 6.48. The summed E-state index contributed by atoms with van der Waals surface area (Å²) in [4.78, 5) is 16.1. The van der Waals surface area contributed by atoms with Gasteiger partial charge in [-0.15, -0.1) is 0 Å². The number of nitrogens with one attached hydrogen (secondary N) is 1. The molecule has 0 spiro atoms. The lowest BCUT2D eigenvalue weighted by Crippen LogP contribution is -2.14. The Balaban J connectivity index is 2.31. The van der Waals surface area contributed by atoms with E-state index in [1.165, 1.54) is 6.20 Å². The fourth-order valence-electron chi connectivity index (χ4n) is 1.43. The number of nitrogens with two attached hydrogens (primary N) is 1. The van der Waals surface area contributed by atoms with Crippen molar-refractivity contribution in [2.24, 2.45) is 0 Å². The summed E-state index contributed by atoms with van der Waals surface area (Å²) in [7, 11) is 0. The molecule has 98 valence electrons. The summed E-state index contributed by atoms with van der Waals surface area (Å²) in [5.41, 5.74) is 6.26. The van der Waals surface area contributed by atoms with Crippen molar-refractivity contribution in [3.8, 4) is 0 Å². The van der Waals surface area contributed by atoms with Crippen LogP contribution in [0, 0.1) is 0 Å². The van der Waals surface area contributed by atoms with Gasteiger partial charge in [-0.3, -0.25) is 4.79 Å². The molecule has 3 N–H and O–H groups in total. The molecule has 0 saturated carbocycles. The number of hydrogen-bond acceptors (Lipinski definition) is 3. The van der Waals surface area contributed by atoms with Crippen LogP contribution < -0.4 is 11.1 Å². The zero-order valence-corrected chi connectivity index (χ0v) is 12.6. The molecule has 4 nitrogen and oxygen atoms in total. The topological polar surface area (TPSA) is 68.0 Å². The second-order valence-electron chi connectivity index (χ2n) is 3.65. The van der Waals surface area contributed by atoms with Gasteiger partial charge in [-0.25, -0.2) is 4.98 Å². The van der Waals surface area contributed by atoms with Crippen LogP contribution in [0.15, 0.2) is 34.9 Å². The Morgan fingerprint density at radius 2 is 1.95 bits per heavy atom. The van der Waals surface area contributed by atoms with Crippen LogP contribution in [0.4, 0.5) is 11.5 Å². The molecule has 2 aromatic rings. The van der Waals surface area contributed by atoms with Crippen LogP contribution in [0.25, 0.3) is 0 Å². The number of anilines is 2. The lowest BCUT2D eigenvalue weighted by Gasteiger charge is -2.09. The summed E-state index contributed by atoms with van der Waals surface area (Å²) in [5, 5.41) is 3.16. The minimum atomic E-state index is -0.437. The van der Waals surface area contributed by atoms with E-state index in [9.17, 15) is 4.79 Å². The van der Waals surface area contributed by atoms with Crippen LogP contribution in [0.5, 0.6) is 0 Å². The van der Waals surface area contributed by atoms with Crippen LogP contribution in [-0.2, 0) is 0 Å². The fourth-order valence-corrected chi connectivity index (χ4v) is 2.46. The third-order valence-electron chi connectivity index (χ3n) is 2.28. The first-order chi connectivity index (χ1) is 8.99. The first-order valence-corrected chi connectivity index (χ1v) is 6.70. The van der Waals surface area contributed by atoms with E-state index in [1.54, 1.807) is 24.3 Å². The van der Waals surface area contributed by atoms with E-state index in [0.717, 1.165) is 0 Å².